The third kappa shape index (κ3) is 4.16. The Bertz CT molecular complexity index is 331. The van der Waals surface area contributed by atoms with E-state index in [4.69, 9.17) is 0 Å². The molecule has 0 spiro atoms. The zero-order valence-corrected chi connectivity index (χ0v) is 14.8. The number of hydrogen-bond donors (Lipinski definition) is 1. The van der Waals surface area contributed by atoms with Crippen molar-refractivity contribution in [3.05, 3.63) is 0 Å². The highest BCUT2D eigenvalue weighted by atomic mass is 32.2. The van der Waals surface area contributed by atoms with Crippen molar-refractivity contribution in [2.75, 3.05) is 18.6 Å². The minimum atomic E-state index is 0.0566. The Morgan fingerprint density at radius 3 is 2.67 bits per heavy atom. The second kappa shape index (κ2) is 8.42. The Balaban J connectivity index is 1.98. The molecule has 1 amide bonds. The van der Waals surface area contributed by atoms with Crippen molar-refractivity contribution in [1.82, 2.24) is 10.2 Å². The smallest absolute Gasteiger partial charge is 0.241 e. The number of carbonyl (C=O) groups is 1. The molecule has 3 atom stereocenters. The van der Waals surface area contributed by atoms with E-state index in [2.05, 4.69) is 30.3 Å². The van der Waals surface area contributed by atoms with Crippen molar-refractivity contribution < 1.29 is 4.79 Å². The Labute approximate surface area is 134 Å². The molecule has 4 heteroatoms. The molecule has 0 aromatic rings. The average molecular weight is 313 g/mol. The Hall–Kier alpha value is -0.220. The van der Waals surface area contributed by atoms with Gasteiger partial charge in [0.1, 0.15) is 0 Å². The van der Waals surface area contributed by atoms with Crippen LogP contribution in [0.4, 0.5) is 0 Å². The van der Waals surface area contributed by atoms with Crippen LogP contribution in [0.3, 0.4) is 0 Å². The average Bonchev–Trinajstić information content (AvgIpc) is 3.11. The lowest BCUT2D eigenvalue weighted by Crippen LogP contribution is -2.43. The van der Waals surface area contributed by atoms with Gasteiger partial charge in [0.05, 0.1) is 12.2 Å². The fourth-order valence-electron chi connectivity index (χ4n) is 3.75. The molecule has 0 bridgehead atoms. The van der Waals surface area contributed by atoms with E-state index < -0.39 is 0 Å². The van der Waals surface area contributed by atoms with Gasteiger partial charge in [0.25, 0.3) is 0 Å². The van der Waals surface area contributed by atoms with Crippen LogP contribution in [0.5, 0.6) is 0 Å². The molecule has 2 rings (SSSR count). The van der Waals surface area contributed by atoms with E-state index in [1.807, 2.05) is 11.8 Å². The first-order valence-corrected chi connectivity index (χ1v) is 10.1. The second-order valence-corrected chi connectivity index (χ2v) is 7.74. The van der Waals surface area contributed by atoms with Gasteiger partial charge in [-0.3, -0.25) is 10.1 Å². The predicted octanol–water partition coefficient (Wildman–Crippen LogP) is 3.49. The van der Waals surface area contributed by atoms with Gasteiger partial charge in [0, 0.05) is 6.54 Å². The molecule has 2 aliphatic rings. The van der Waals surface area contributed by atoms with Crippen LogP contribution in [-0.2, 0) is 4.79 Å². The first-order chi connectivity index (χ1) is 10.2. The molecule has 1 aliphatic heterocycles. The number of thioether (sulfide) groups is 1. The monoisotopic (exact) mass is 312 g/mol. The van der Waals surface area contributed by atoms with Crippen LogP contribution < -0.4 is 5.32 Å². The summed E-state index contributed by atoms with van der Waals surface area (Å²) >= 11 is 1.90. The molecule has 1 saturated heterocycles. The van der Waals surface area contributed by atoms with Gasteiger partial charge in [-0.2, -0.15) is 11.8 Å². The van der Waals surface area contributed by atoms with Crippen LogP contribution >= 0.6 is 11.8 Å². The van der Waals surface area contributed by atoms with E-state index in [1.165, 1.54) is 37.9 Å². The normalized spacial score (nSPS) is 28.5. The maximum absolute atomic E-state index is 12.8. The fraction of sp³-hybridized carbons (Fsp3) is 0.941. The number of unbranched alkanes of at least 4 members (excludes halogenated alkanes) is 1. The Morgan fingerprint density at radius 1 is 1.33 bits per heavy atom. The third-order valence-corrected chi connectivity index (χ3v) is 5.99. The molecule has 0 radical (unpaired) electrons. The van der Waals surface area contributed by atoms with Gasteiger partial charge in [0.2, 0.25) is 5.91 Å². The van der Waals surface area contributed by atoms with Gasteiger partial charge in [-0.15, -0.1) is 0 Å². The zero-order chi connectivity index (χ0) is 15.2. The van der Waals surface area contributed by atoms with Crippen molar-refractivity contribution in [3.8, 4) is 0 Å². The summed E-state index contributed by atoms with van der Waals surface area (Å²) in [5.74, 6) is 2.70. The molecule has 122 valence electrons. The first-order valence-electron chi connectivity index (χ1n) is 8.74. The van der Waals surface area contributed by atoms with Crippen molar-refractivity contribution in [1.29, 1.82) is 0 Å². The lowest BCUT2D eigenvalue weighted by molar-refractivity contribution is -0.131. The number of nitrogens with zero attached hydrogens (tertiary/aromatic N) is 1. The highest BCUT2D eigenvalue weighted by Crippen LogP contribution is 2.33. The minimum Gasteiger partial charge on any atom is -0.326 e. The van der Waals surface area contributed by atoms with E-state index in [-0.39, 0.29) is 6.04 Å². The molecule has 21 heavy (non-hydrogen) atoms. The maximum atomic E-state index is 12.8. The highest BCUT2D eigenvalue weighted by molar-refractivity contribution is 7.98. The second-order valence-electron chi connectivity index (χ2n) is 6.75. The molecule has 1 aliphatic carbocycles. The standard InChI is InChI=1S/C17H32N2OS/c1-4-13(2)15-17(20)19(11-7-8-12-21-3)16(18-15)14-9-5-6-10-14/h13-16,18H,4-12H2,1-3H3. The number of carbonyl (C=O) groups excluding carboxylic acids is 1. The zero-order valence-electron chi connectivity index (χ0n) is 13.9. The molecular formula is C17H32N2OS. The van der Waals surface area contributed by atoms with Gasteiger partial charge >= 0.3 is 0 Å². The summed E-state index contributed by atoms with van der Waals surface area (Å²) in [5, 5.41) is 3.70. The summed E-state index contributed by atoms with van der Waals surface area (Å²) in [4.78, 5) is 15.0. The summed E-state index contributed by atoms with van der Waals surface area (Å²) in [6.45, 7) is 5.34. The largest absolute Gasteiger partial charge is 0.326 e. The topological polar surface area (TPSA) is 32.3 Å². The third-order valence-electron chi connectivity index (χ3n) is 5.29. The van der Waals surface area contributed by atoms with Gasteiger partial charge in [-0.05, 0) is 49.5 Å². The summed E-state index contributed by atoms with van der Waals surface area (Å²) in [7, 11) is 0. The number of hydrogen-bond acceptors (Lipinski definition) is 3. The van der Waals surface area contributed by atoms with E-state index in [0.29, 0.717) is 23.9 Å². The van der Waals surface area contributed by atoms with Gasteiger partial charge in [-0.25, -0.2) is 0 Å². The van der Waals surface area contributed by atoms with Crippen LogP contribution in [0, 0.1) is 11.8 Å². The quantitative estimate of drug-likeness (QED) is 0.696. The number of rotatable bonds is 8. The molecule has 3 unspecified atom stereocenters. The molecule has 1 heterocycles. The van der Waals surface area contributed by atoms with E-state index in [1.54, 1.807) is 0 Å². The Kier molecular flexibility index (Phi) is 6.87. The summed E-state index contributed by atoms with van der Waals surface area (Å²) in [6, 6.07) is 0.0566. The van der Waals surface area contributed by atoms with Crippen molar-refractivity contribution in [3.63, 3.8) is 0 Å². The van der Waals surface area contributed by atoms with Crippen LogP contribution in [0.2, 0.25) is 0 Å². The molecular weight excluding hydrogens is 280 g/mol. The molecule has 0 aromatic carbocycles. The van der Waals surface area contributed by atoms with E-state index >= 15 is 0 Å². The van der Waals surface area contributed by atoms with E-state index in [0.717, 1.165) is 19.4 Å². The number of nitrogens with one attached hydrogen (secondary N) is 1. The molecule has 0 aromatic heterocycles. The van der Waals surface area contributed by atoms with Gasteiger partial charge < -0.3 is 4.90 Å². The summed E-state index contributed by atoms with van der Waals surface area (Å²) in [5.41, 5.74) is 0. The van der Waals surface area contributed by atoms with Crippen LogP contribution in [0.25, 0.3) is 0 Å². The summed E-state index contributed by atoms with van der Waals surface area (Å²) < 4.78 is 0. The fourth-order valence-corrected chi connectivity index (χ4v) is 4.24. The van der Waals surface area contributed by atoms with E-state index in [9.17, 15) is 4.79 Å². The predicted molar refractivity (Wildman–Crippen MR) is 91.5 cm³/mol. The first kappa shape index (κ1) is 17.1. The van der Waals surface area contributed by atoms with Crippen molar-refractivity contribution in [2.24, 2.45) is 11.8 Å². The van der Waals surface area contributed by atoms with Gasteiger partial charge in [-0.1, -0.05) is 33.1 Å². The highest BCUT2D eigenvalue weighted by Gasteiger charge is 2.44. The lowest BCUT2D eigenvalue weighted by atomic mass is 9.99. The number of amides is 1. The minimum absolute atomic E-state index is 0.0566. The lowest BCUT2D eigenvalue weighted by Gasteiger charge is -2.29. The summed E-state index contributed by atoms with van der Waals surface area (Å²) in [6.07, 6.45) is 11.2. The van der Waals surface area contributed by atoms with Crippen LogP contribution in [0.15, 0.2) is 0 Å². The molecule has 3 nitrogen and oxygen atoms in total. The molecule has 2 fully saturated rings. The van der Waals surface area contributed by atoms with Crippen LogP contribution in [0.1, 0.15) is 58.8 Å². The molecule has 1 N–H and O–H groups in total. The molecule has 1 saturated carbocycles. The Morgan fingerprint density at radius 2 is 2.05 bits per heavy atom. The SMILES string of the molecule is CCC(C)C1NC(C2CCCC2)N(CCCCSC)C1=O. The van der Waals surface area contributed by atoms with Crippen molar-refractivity contribution in [2.45, 2.75) is 71.0 Å². The van der Waals surface area contributed by atoms with Gasteiger partial charge in [0.15, 0.2) is 0 Å². The maximum Gasteiger partial charge on any atom is 0.241 e. The van der Waals surface area contributed by atoms with Crippen molar-refractivity contribution >= 4 is 17.7 Å². The van der Waals surface area contributed by atoms with Crippen LogP contribution in [-0.4, -0.2) is 41.6 Å².